The second kappa shape index (κ2) is 7.03. The molecule has 1 aromatic carbocycles. The van der Waals surface area contributed by atoms with Crippen molar-refractivity contribution in [1.29, 1.82) is 0 Å². The largest absolute Gasteiger partial charge is 0.361 e. The first-order valence-electron chi connectivity index (χ1n) is 7.51. The van der Waals surface area contributed by atoms with Gasteiger partial charge in [0, 0.05) is 28.4 Å². The van der Waals surface area contributed by atoms with Gasteiger partial charge < -0.3 is 10.3 Å². The van der Waals surface area contributed by atoms with Gasteiger partial charge in [0.05, 0.1) is 6.42 Å². The average Bonchev–Trinajstić information content (AvgIpc) is 2.93. The van der Waals surface area contributed by atoms with Crippen LogP contribution in [0.2, 0.25) is 0 Å². The summed E-state index contributed by atoms with van der Waals surface area (Å²) in [6.07, 6.45) is 6.63. The number of hydrogen-bond acceptors (Lipinski definition) is 2. The Morgan fingerprint density at radius 1 is 1.29 bits per heavy atom. The highest BCUT2D eigenvalue weighted by molar-refractivity contribution is 8.00. The number of rotatable bonds is 7. The first-order valence-corrected chi connectivity index (χ1v) is 8.73. The van der Waals surface area contributed by atoms with Gasteiger partial charge in [-0.25, -0.2) is 0 Å². The van der Waals surface area contributed by atoms with Crippen LogP contribution in [0.15, 0.2) is 30.5 Å². The maximum Gasteiger partial charge on any atom is 0.224 e. The molecule has 0 aliphatic heterocycles. The summed E-state index contributed by atoms with van der Waals surface area (Å²) in [4.78, 5) is 15.4. The molecule has 0 atom stereocenters. The van der Waals surface area contributed by atoms with Crippen LogP contribution in [-0.4, -0.2) is 28.4 Å². The van der Waals surface area contributed by atoms with Crippen LogP contribution in [0.3, 0.4) is 0 Å². The molecule has 3 nitrogen and oxygen atoms in total. The molecule has 1 amide bonds. The Hall–Kier alpha value is -1.42. The lowest BCUT2D eigenvalue weighted by Gasteiger charge is -2.29. The van der Waals surface area contributed by atoms with Gasteiger partial charge in [0.1, 0.15) is 0 Å². The molecular weight excluding hydrogens is 280 g/mol. The highest BCUT2D eigenvalue weighted by Gasteiger charge is 2.25. The number of nitrogens with one attached hydrogen (secondary N) is 2. The molecular formula is C17H24N2OS. The molecule has 114 valence electrons. The molecule has 0 aliphatic carbocycles. The van der Waals surface area contributed by atoms with E-state index < -0.39 is 0 Å². The van der Waals surface area contributed by atoms with Crippen LogP contribution in [0.4, 0.5) is 0 Å². The molecule has 0 radical (unpaired) electrons. The monoisotopic (exact) mass is 304 g/mol. The van der Waals surface area contributed by atoms with Crippen LogP contribution in [-0.2, 0) is 11.2 Å². The number of benzene rings is 1. The number of para-hydroxylation sites is 1. The van der Waals surface area contributed by atoms with Crippen LogP contribution < -0.4 is 5.32 Å². The first kappa shape index (κ1) is 16.0. The second-order valence-corrected chi connectivity index (χ2v) is 6.68. The van der Waals surface area contributed by atoms with Gasteiger partial charge in [-0.3, -0.25) is 4.79 Å². The molecule has 4 heteroatoms. The van der Waals surface area contributed by atoms with Gasteiger partial charge >= 0.3 is 0 Å². The Balaban J connectivity index is 1.99. The Labute approximate surface area is 130 Å². The van der Waals surface area contributed by atoms with Crippen molar-refractivity contribution in [2.45, 2.75) is 37.9 Å². The quantitative estimate of drug-likeness (QED) is 0.818. The van der Waals surface area contributed by atoms with Crippen LogP contribution in [0.1, 0.15) is 32.3 Å². The van der Waals surface area contributed by atoms with E-state index in [1.165, 1.54) is 0 Å². The second-order valence-electron chi connectivity index (χ2n) is 5.41. The van der Waals surface area contributed by atoms with E-state index in [0.29, 0.717) is 6.42 Å². The van der Waals surface area contributed by atoms with Crippen LogP contribution in [0, 0.1) is 0 Å². The molecule has 2 aromatic rings. The third-order valence-electron chi connectivity index (χ3n) is 4.36. The summed E-state index contributed by atoms with van der Waals surface area (Å²) in [7, 11) is 0. The van der Waals surface area contributed by atoms with Crippen molar-refractivity contribution >= 4 is 28.6 Å². The average molecular weight is 304 g/mol. The summed E-state index contributed by atoms with van der Waals surface area (Å²) in [6.45, 7) is 5.11. The highest BCUT2D eigenvalue weighted by Crippen LogP contribution is 2.29. The van der Waals surface area contributed by atoms with Gasteiger partial charge in [-0.15, -0.1) is 0 Å². The molecule has 0 spiro atoms. The summed E-state index contributed by atoms with van der Waals surface area (Å²) >= 11 is 1.85. The Morgan fingerprint density at radius 3 is 2.67 bits per heavy atom. The van der Waals surface area contributed by atoms with Crippen molar-refractivity contribution in [2.24, 2.45) is 0 Å². The number of carbonyl (C=O) groups is 1. The van der Waals surface area contributed by atoms with Crippen LogP contribution >= 0.6 is 11.8 Å². The predicted molar refractivity (Wildman–Crippen MR) is 91.8 cm³/mol. The van der Waals surface area contributed by atoms with Crippen molar-refractivity contribution < 1.29 is 4.79 Å². The number of H-pyrrole nitrogens is 1. The minimum absolute atomic E-state index is 0.0973. The fraction of sp³-hybridized carbons (Fsp3) is 0.471. The lowest BCUT2D eigenvalue weighted by molar-refractivity contribution is -0.120. The summed E-state index contributed by atoms with van der Waals surface area (Å²) in [5.74, 6) is 0.0973. The van der Waals surface area contributed by atoms with E-state index in [2.05, 4.69) is 36.5 Å². The summed E-state index contributed by atoms with van der Waals surface area (Å²) in [5.41, 5.74) is 2.15. The van der Waals surface area contributed by atoms with Crippen LogP contribution in [0.25, 0.3) is 10.9 Å². The normalized spacial score (nSPS) is 11.8. The number of aromatic nitrogens is 1. The summed E-state index contributed by atoms with van der Waals surface area (Å²) < 4.78 is 0.163. The van der Waals surface area contributed by atoms with Gasteiger partial charge in [-0.2, -0.15) is 11.8 Å². The van der Waals surface area contributed by atoms with Crippen LogP contribution in [0.5, 0.6) is 0 Å². The molecule has 1 heterocycles. The topological polar surface area (TPSA) is 44.9 Å². The highest BCUT2D eigenvalue weighted by atomic mass is 32.2. The zero-order chi connectivity index (χ0) is 15.3. The third-order valence-corrected chi connectivity index (χ3v) is 5.94. The van der Waals surface area contributed by atoms with E-state index >= 15 is 0 Å². The molecule has 0 bridgehead atoms. The predicted octanol–water partition coefficient (Wildman–Crippen LogP) is 3.75. The molecule has 1 aromatic heterocycles. The van der Waals surface area contributed by atoms with Gasteiger partial charge in [-0.1, -0.05) is 32.0 Å². The maximum absolute atomic E-state index is 12.2. The van der Waals surface area contributed by atoms with E-state index in [0.717, 1.165) is 35.9 Å². The van der Waals surface area contributed by atoms with E-state index in [1.807, 2.05) is 36.2 Å². The molecule has 0 unspecified atom stereocenters. The smallest absolute Gasteiger partial charge is 0.224 e. The van der Waals surface area contributed by atoms with E-state index in [1.54, 1.807) is 0 Å². The molecule has 0 aliphatic rings. The Bertz CT molecular complexity index is 593. The Morgan fingerprint density at radius 2 is 2.00 bits per heavy atom. The first-order chi connectivity index (χ1) is 10.1. The Kier molecular flexibility index (Phi) is 5.34. The van der Waals surface area contributed by atoms with Gasteiger partial charge in [0.15, 0.2) is 0 Å². The lowest BCUT2D eigenvalue weighted by atomic mass is 10.0. The molecule has 0 saturated carbocycles. The standard InChI is InChI=1S/C17H24N2OS/c1-4-17(5-2,21-3)12-19-16(20)10-13-11-18-15-9-7-6-8-14(13)15/h6-9,11,18H,4-5,10,12H2,1-3H3,(H,19,20). The zero-order valence-electron chi connectivity index (χ0n) is 13.0. The number of fused-ring (bicyclic) bond motifs is 1. The van der Waals surface area contributed by atoms with E-state index in [-0.39, 0.29) is 10.7 Å². The molecule has 2 rings (SSSR count). The number of hydrogen-bond donors (Lipinski definition) is 2. The molecule has 2 N–H and O–H groups in total. The zero-order valence-corrected chi connectivity index (χ0v) is 13.8. The van der Waals surface area contributed by atoms with Crippen molar-refractivity contribution in [3.8, 4) is 0 Å². The van der Waals surface area contributed by atoms with Gasteiger partial charge in [0.25, 0.3) is 0 Å². The number of aromatic amines is 1. The maximum atomic E-state index is 12.2. The van der Waals surface area contributed by atoms with E-state index in [4.69, 9.17) is 0 Å². The molecule has 21 heavy (non-hydrogen) atoms. The molecule has 0 fully saturated rings. The number of thioether (sulfide) groups is 1. The summed E-state index contributed by atoms with van der Waals surface area (Å²) in [6, 6.07) is 8.09. The third kappa shape index (κ3) is 3.62. The minimum Gasteiger partial charge on any atom is -0.361 e. The van der Waals surface area contributed by atoms with Crippen molar-refractivity contribution in [1.82, 2.24) is 10.3 Å². The van der Waals surface area contributed by atoms with Gasteiger partial charge in [0.2, 0.25) is 5.91 Å². The minimum atomic E-state index is 0.0973. The fourth-order valence-electron chi connectivity index (χ4n) is 2.63. The fourth-order valence-corrected chi connectivity index (χ4v) is 3.43. The summed E-state index contributed by atoms with van der Waals surface area (Å²) in [5, 5.41) is 4.24. The SMILES string of the molecule is CCC(CC)(CNC(=O)Cc1c[nH]c2ccccc12)SC. The lowest BCUT2D eigenvalue weighted by Crippen LogP contribution is -2.40. The van der Waals surface area contributed by atoms with Gasteiger partial charge in [-0.05, 0) is 30.7 Å². The van der Waals surface area contributed by atoms with Crippen molar-refractivity contribution in [3.63, 3.8) is 0 Å². The van der Waals surface area contributed by atoms with Crippen molar-refractivity contribution in [3.05, 3.63) is 36.0 Å². The number of amides is 1. The van der Waals surface area contributed by atoms with E-state index in [9.17, 15) is 4.79 Å². The molecule has 0 saturated heterocycles. The number of carbonyl (C=O) groups excluding carboxylic acids is 1. The van der Waals surface area contributed by atoms with Crippen molar-refractivity contribution in [2.75, 3.05) is 12.8 Å².